The van der Waals surface area contributed by atoms with Gasteiger partial charge in [0.25, 0.3) is 0 Å². The van der Waals surface area contributed by atoms with Gasteiger partial charge in [-0.25, -0.2) is 4.98 Å². The number of furan rings is 1. The highest BCUT2D eigenvalue weighted by atomic mass is 32.1. The van der Waals surface area contributed by atoms with E-state index in [0.29, 0.717) is 13.1 Å². The maximum atomic E-state index is 12.8. The van der Waals surface area contributed by atoms with E-state index in [9.17, 15) is 4.79 Å². The molecule has 23 heavy (non-hydrogen) atoms. The van der Waals surface area contributed by atoms with Gasteiger partial charge in [-0.3, -0.25) is 4.79 Å². The third kappa shape index (κ3) is 3.45. The van der Waals surface area contributed by atoms with Crippen molar-refractivity contribution >= 4 is 28.2 Å². The van der Waals surface area contributed by atoms with Crippen molar-refractivity contribution in [1.29, 1.82) is 0 Å². The lowest BCUT2D eigenvalue weighted by atomic mass is 10.1. The maximum absolute atomic E-state index is 12.8. The molecule has 1 aromatic carbocycles. The molecular weight excluding hydrogens is 308 g/mol. The van der Waals surface area contributed by atoms with E-state index >= 15 is 0 Å². The molecule has 0 radical (unpaired) electrons. The van der Waals surface area contributed by atoms with E-state index in [1.807, 2.05) is 54.5 Å². The third-order valence-electron chi connectivity index (χ3n) is 4.01. The average Bonchev–Trinajstić information content (AvgIpc) is 3.23. The summed E-state index contributed by atoms with van der Waals surface area (Å²) in [7, 11) is 0. The number of carbonyl (C=O) groups excluding carboxylic acids is 1. The number of aromatic nitrogens is 1. The van der Waals surface area contributed by atoms with E-state index in [2.05, 4.69) is 4.98 Å². The van der Waals surface area contributed by atoms with Crippen LogP contribution in [-0.4, -0.2) is 28.9 Å². The normalized spacial score (nSPS) is 12.4. The standard InChI is InChI=1S/C18H20N2O2S/c1-3-20(10-8-17-19-9-11-23-17)18(21)13(2)16-12-14-6-4-5-7-15(14)22-16/h4-7,9,11-13H,3,8,10H2,1-2H3. The molecule has 0 bridgehead atoms. The second kappa shape index (κ2) is 6.96. The lowest BCUT2D eigenvalue weighted by molar-refractivity contribution is -0.132. The van der Waals surface area contributed by atoms with Crippen molar-refractivity contribution in [1.82, 2.24) is 9.88 Å². The Morgan fingerprint density at radius 2 is 2.22 bits per heavy atom. The second-order valence-corrected chi connectivity index (χ2v) is 6.48. The summed E-state index contributed by atoms with van der Waals surface area (Å²) in [5, 5.41) is 4.06. The number of fused-ring (bicyclic) bond motifs is 1. The van der Waals surface area contributed by atoms with Gasteiger partial charge in [-0.15, -0.1) is 11.3 Å². The first-order valence-electron chi connectivity index (χ1n) is 7.84. The van der Waals surface area contributed by atoms with Crippen LogP contribution < -0.4 is 0 Å². The minimum absolute atomic E-state index is 0.100. The number of likely N-dealkylation sites (N-methyl/N-ethyl adjacent to an activating group) is 1. The van der Waals surface area contributed by atoms with Gasteiger partial charge < -0.3 is 9.32 Å². The fourth-order valence-electron chi connectivity index (χ4n) is 2.64. The maximum Gasteiger partial charge on any atom is 0.233 e. The number of thiazole rings is 1. The number of hydrogen-bond acceptors (Lipinski definition) is 4. The fraction of sp³-hybridized carbons (Fsp3) is 0.333. The molecule has 2 aromatic heterocycles. The molecule has 0 spiro atoms. The number of benzene rings is 1. The molecule has 0 saturated heterocycles. The van der Waals surface area contributed by atoms with Gasteiger partial charge in [0.2, 0.25) is 5.91 Å². The van der Waals surface area contributed by atoms with E-state index in [0.717, 1.165) is 28.2 Å². The van der Waals surface area contributed by atoms with Gasteiger partial charge in [0.05, 0.1) is 10.9 Å². The zero-order valence-corrected chi connectivity index (χ0v) is 14.2. The number of rotatable bonds is 6. The molecule has 0 saturated carbocycles. The molecule has 3 aromatic rings. The van der Waals surface area contributed by atoms with Gasteiger partial charge in [-0.05, 0) is 26.0 Å². The lowest BCUT2D eigenvalue weighted by Crippen LogP contribution is -2.35. The number of hydrogen-bond donors (Lipinski definition) is 0. The summed E-state index contributed by atoms with van der Waals surface area (Å²) in [5.41, 5.74) is 0.827. The van der Waals surface area contributed by atoms with E-state index < -0.39 is 0 Å². The number of carbonyl (C=O) groups is 1. The van der Waals surface area contributed by atoms with Crippen LogP contribution in [-0.2, 0) is 11.2 Å². The van der Waals surface area contributed by atoms with E-state index in [-0.39, 0.29) is 11.8 Å². The molecule has 4 nitrogen and oxygen atoms in total. The molecule has 120 valence electrons. The van der Waals surface area contributed by atoms with Gasteiger partial charge in [-0.2, -0.15) is 0 Å². The number of amides is 1. The van der Waals surface area contributed by atoms with E-state index in [4.69, 9.17) is 4.42 Å². The van der Waals surface area contributed by atoms with Gasteiger partial charge in [-0.1, -0.05) is 18.2 Å². The Morgan fingerprint density at radius 3 is 2.91 bits per heavy atom. The Morgan fingerprint density at radius 1 is 1.39 bits per heavy atom. The highest BCUT2D eigenvalue weighted by Gasteiger charge is 2.24. The number of nitrogens with zero attached hydrogens (tertiary/aromatic N) is 2. The van der Waals surface area contributed by atoms with Crippen LogP contribution in [0.1, 0.15) is 30.5 Å². The molecule has 1 atom stereocenters. The van der Waals surface area contributed by atoms with Crippen LogP contribution in [0.4, 0.5) is 0 Å². The Hall–Kier alpha value is -2.14. The number of para-hydroxylation sites is 1. The topological polar surface area (TPSA) is 46.3 Å². The van der Waals surface area contributed by atoms with Crippen molar-refractivity contribution in [2.24, 2.45) is 0 Å². The summed E-state index contributed by atoms with van der Waals surface area (Å²) in [6, 6.07) is 9.80. The van der Waals surface area contributed by atoms with Crippen LogP contribution in [0.25, 0.3) is 11.0 Å². The quantitative estimate of drug-likeness (QED) is 0.685. The predicted octanol–water partition coefficient (Wildman–Crippen LogP) is 4.08. The third-order valence-corrected chi connectivity index (χ3v) is 4.85. The molecule has 0 aliphatic rings. The molecule has 0 aliphatic heterocycles. The highest BCUT2D eigenvalue weighted by molar-refractivity contribution is 7.09. The smallest absolute Gasteiger partial charge is 0.233 e. The van der Waals surface area contributed by atoms with Crippen LogP contribution in [0.2, 0.25) is 0 Å². The molecule has 0 fully saturated rings. The van der Waals surface area contributed by atoms with Crippen LogP contribution in [0.5, 0.6) is 0 Å². The molecular formula is C18H20N2O2S. The van der Waals surface area contributed by atoms with Crippen LogP contribution in [0.3, 0.4) is 0 Å². The van der Waals surface area contributed by atoms with E-state index in [1.54, 1.807) is 17.5 Å². The van der Waals surface area contributed by atoms with Crippen LogP contribution in [0, 0.1) is 0 Å². The van der Waals surface area contributed by atoms with Crippen molar-refractivity contribution in [3.63, 3.8) is 0 Å². The van der Waals surface area contributed by atoms with Crippen molar-refractivity contribution in [2.45, 2.75) is 26.2 Å². The second-order valence-electron chi connectivity index (χ2n) is 5.50. The Bertz CT molecular complexity index is 746. The zero-order chi connectivity index (χ0) is 16.2. The average molecular weight is 328 g/mol. The molecule has 1 amide bonds. The van der Waals surface area contributed by atoms with Gasteiger partial charge in [0.1, 0.15) is 11.3 Å². The largest absolute Gasteiger partial charge is 0.460 e. The van der Waals surface area contributed by atoms with Gasteiger partial charge in [0, 0.05) is 36.5 Å². The first kappa shape index (κ1) is 15.7. The Balaban J connectivity index is 1.71. The Kier molecular flexibility index (Phi) is 4.76. The molecule has 1 unspecified atom stereocenters. The summed E-state index contributed by atoms with van der Waals surface area (Å²) in [5.74, 6) is 0.547. The minimum atomic E-state index is -0.279. The summed E-state index contributed by atoms with van der Waals surface area (Å²) >= 11 is 1.63. The molecule has 3 rings (SSSR count). The van der Waals surface area contributed by atoms with Crippen molar-refractivity contribution < 1.29 is 9.21 Å². The molecule has 0 aliphatic carbocycles. The van der Waals surface area contributed by atoms with Gasteiger partial charge in [0.15, 0.2) is 0 Å². The first-order valence-corrected chi connectivity index (χ1v) is 8.72. The van der Waals surface area contributed by atoms with Crippen molar-refractivity contribution in [3.8, 4) is 0 Å². The summed E-state index contributed by atoms with van der Waals surface area (Å²) < 4.78 is 5.84. The minimum Gasteiger partial charge on any atom is -0.460 e. The van der Waals surface area contributed by atoms with Crippen molar-refractivity contribution in [3.05, 3.63) is 52.7 Å². The summed E-state index contributed by atoms with van der Waals surface area (Å²) in [6.07, 6.45) is 2.60. The molecule has 5 heteroatoms. The monoisotopic (exact) mass is 328 g/mol. The summed E-state index contributed by atoms with van der Waals surface area (Å²) in [6.45, 7) is 5.29. The first-order chi connectivity index (χ1) is 11.2. The van der Waals surface area contributed by atoms with Crippen LogP contribution in [0.15, 0.2) is 46.3 Å². The van der Waals surface area contributed by atoms with Crippen molar-refractivity contribution in [2.75, 3.05) is 13.1 Å². The van der Waals surface area contributed by atoms with Gasteiger partial charge >= 0.3 is 0 Å². The summed E-state index contributed by atoms with van der Waals surface area (Å²) in [4.78, 5) is 18.9. The molecule has 0 N–H and O–H groups in total. The highest BCUT2D eigenvalue weighted by Crippen LogP contribution is 2.26. The fourth-order valence-corrected chi connectivity index (χ4v) is 3.25. The molecule has 2 heterocycles. The van der Waals surface area contributed by atoms with Crippen LogP contribution >= 0.6 is 11.3 Å². The predicted molar refractivity (Wildman–Crippen MR) is 92.7 cm³/mol. The SMILES string of the molecule is CCN(CCc1nccs1)C(=O)C(C)c1cc2ccccc2o1. The van der Waals surface area contributed by atoms with E-state index in [1.165, 1.54) is 0 Å². The zero-order valence-electron chi connectivity index (χ0n) is 13.4. The lowest BCUT2D eigenvalue weighted by Gasteiger charge is -2.23. The Labute approximate surface area is 139 Å².